The first-order valence-corrected chi connectivity index (χ1v) is 12.9. The van der Waals surface area contributed by atoms with Crippen LogP contribution in [0.1, 0.15) is 55.5 Å². The van der Waals surface area contributed by atoms with E-state index in [0.29, 0.717) is 19.5 Å². The minimum Gasteiger partial charge on any atom is -0.497 e. The van der Waals surface area contributed by atoms with Crippen LogP contribution in [0.5, 0.6) is 5.75 Å². The van der Waals surface area contributed by atoms with Gasteiger partial charge in [-0.25, -0.2) is 0 Å². The summed E-state index contributed by atoms with van der Waals surface area (Å²) in [6.07, 6.45) is 0.166. The smallest absolute Gasteiger partial charge is 0.251 e. The van der Waals surface area contributed by atoms with Crippen molar-refractivity contribution < 1.29 is 24.2 Å². The lowest BCUT2D eigenvalue weighted by atomic mass is 9.99. The summed E-state index contributed by atoms with van der Waals surface area (Å²) in [6.45, 7) is 3.08. The van der Waals surface area contributed by atoms with Crippen LogP contribution in [0.2, 0.25) is 0 Å². The molecule has 0 saturated heterocycles. The van der Waals surface area contributed by atoms with Crippen molar-refractivity contribution in [1.82, 2.24) is 16.0 Å². The SMILES string of the molecule is CCCNC(=O)c1cc(C(N)=O)cc(C(=O)NC(Cc2ccccc2)C(O)CNCc2cccc(OC)c2)c1. The first kappa shape index (κ1) is 29.3. The Morgan fingerprint density at radius 1 is 0.897 bits per heavy atom. The van der Waals surface area contributed by atoms with Gasteiger partial charge in [0.15, 0.2) is 0 Å². The predicted molar refractivity (Wildman–Crippen MR) is 150 cm³/mol. The number of methoxy groups -OCH3 is 1. The molecule has 9 nitrogen and oxygen atoms in total. The fourth-order valence-electron chi connectivity index (χ4n) is 4.06. The first-order valence-electron chi connectivity index (χ1n) is 12.9. The topological polar surface area (TPSA) is 143 Å². The molecular weight excluding hydrogens is 496 g/mol. The number of carbonyl (C=O) groups excluding carboxylic acids is 3. The zero-order valence-electron chi connectivity index (χ0n) is 22.3. The number of benzene rings is 3. The second-order valence-corrected chi connectivity index (χ2v) is 9.24. The second kappa shape index (κ2) is 14.7. The number of nitrogens with two attached hydrogens (primary N) is 1. The lowest BCUT2D eigenvalue weighted by molar-refractivity contribution is 0.0830. The summed E-state index contributed by atoms with van der Waals surface area (Å²) in [5.74, 6) is -0.950. The lowest BCUT2D eigenvalue weighted by Gasteiger charge is -2.25. The van der Waals surface area contributed by atoms with Gasteiger partial charge in [-0.1, -0.05) is 49.4 Å². The standard InChI is InChI=1S/C30H36N4O5/c1-3-12-33-29(37)23-15-22(28(31)36)16-24(17-23)30(38)34-26(14-20-8-5-4-6-9-20)27(35)19-32-18-21-10-7-11-25(13-21)39-2/h4-11,13,15-17,26-27,32,35H,3,12,14,18-19H2,1-2H3,(H2,31,36)(H,33,37)(H,34,38). The van der Waals surface area contributed by atoms with Crippen molar-refractivity contribution in [2.24, 2.45) is 5.73 Å². The van der Waals surface area contributed by atoms with Gasteiger partial charge in [0.1, 0.15) is 5.75 Å². The zero-order valence-corrected chi connectivity index (χ0v) is 22.3. The van der Waals surface area contributed by atoms with Crippen molar-refractivity contribution in [2.45, 2.75) is 38.5 Å². The number of amides is 3. The van der Waals surface area contributed by atoms with E-state index in [1.807, 2.05) is 61.5 Å². The molecule has 0 saturated carbocycles. The highest BCUT2D eigenvalue weighted by Crippen LogP contribution is 2.14. The maximum atomic E-state index is 13.3. The summed E-state index contributed by atoms with van der Waals surface area (Å²) >= 11 is 0. The van der Waals surface area contributed by atoms with Crippen LogP contribution < -0.4 is 26.4 Å². The summed E-state index contributed by atoms with van der Waals surface area (Å²) in [7, 11) is 1.60. The summed E-state index contributed by atoms with van der Waals surface area (Å²) in [4.78, 5) is 37.8. The highest BCUT2D eigenvalue weighted by molar-refractivity contribution is 6.04. The summed E-state index contributed by atoms with van der Waals surface area (Å²) in [6, 6.07) is 20.6. The van der Waals surface area contributed by atoms with E-state index in [9.17, 15) is 19.5 Å². The molecule has 3 amide bonds. The van der Waals surface area contributed by atoms with Gasteiger partial charge < -0.3 is 31.5 Å². The van der Waals surface area contributed by atoms with Crippen LogP contribution in [-0.2, 0) is 13.0 Å². The van der Waals surface area contributed by atoms with Gasteiger partial charge in [0.2, 0.25) is 5.91 Å². The third-order valence-electron chi connectivity index (χ3n) is 6.17. The second-order valence-electron chi connectivity index (χ2n) is 9.24. The monoisotopic (exact) mass is 532 g/mol. The molecule has 206 valence electrons. The quantitative estimate of drug-likeness (QED) is 0.216. The Bertz CT molecular complexity index is 1270. The molecule has 6 N–H and O–H groups in total. The molecule has 3 aromatic rings. The van der Waals surface area contributed by atoms with Crippen LogP contribution in [0.25, 0.3) is 0 Å². The lowest BCUT2D eigenvalue weighted by Crippen LogP contribution is -2.48. The zero-order chi connectivity index (χ0) is 28.2. The van der Waals surface area contributed by atoms with E-state index >= 15 is 0 Å². The fraction of sp³-hybridized carbons (Fsp3) is 0.300. The first-order chi connectivity index (χ1) is 18.8. The van der Waals surface area contributed by atoms with Gasteiger partial charge in [-0.05, 0) is 54.3 Å². The Kier molecular flexibility index (Phi) is 11.0. The van der Waals surface area contributed by atoms with E-state index in [1.54, 1.807) is 7.11 Å². The van der Waals surface area contributed by atoms with Gasteiger partial charge in [-0.15, -0.1) is 0 Å². The molecule has 0 aliphatic carbocycles. The average molecular weight is 533 g/mol. The van der Waals surface area contributed by atoms with Gasteiger partial charge >= 0.3 is 0 Å². The molecule has 39 heavy (non-hydrogen) atoms. The van der Waals surface area contributed by atoms with Crippen LogP contribution >= 0.6 is 0 Å². The van der Waals surface area contributed by atoms with Crippen LogP contribution in [0.3, 0.4) is 0 Å². The molecule has 3 aromatic carbocycles. The number of aliphatic hydroxyl groups is 1. The number of hydrogen-bond donors (Lipinski definition) is 5. The van der Waals surface area contributed by atoms with Crippen LogP contribution in [-0.4, -0.2) is 55.2 Å². The summed E-state index contributed by atoms with van der Waals surface area (Å²) in [5.41, 5.74) is 7.69. The Labute approximate surface area is 228 Å². The highest BCUT2D eigenvalue weighted by atomic mass is 16.5. The molecule has 0 aromatic heterocycles. The Hall–Kier alpha value is -4.21. The molecule has 0 fully saturated rings. The number of hydrogen-bond acceptors (Lipinski definition) is 6. The highest BCUT2D eigenvalue weighted by Gasteiger charge is 2.24. The van der Waals surface area contributed by atoms with Gasteiger partial charge in [0, 0.05) is 36.3 Å². The maximum absolute atomic E-state index is 13.3. The molecule has 2 atom stereocenters. The molecular formula is C30H36N4O5. The van der Waals surface area contributed by atoms with Gasteiger partial charge in [-0.2, -0.15) is 0 Å². The van der Waals surface area contributed by atoms with Crippen molar-refractivity contribution in [2.75, 3.05) is 20.2 Å². The van der Waals surface area contributed by atoms with E-state index in [0.717, 1.165) is 23.3 Å². The average Bonchev–Trinajstić information content (AvgIpc) is 2.95. The number of rotatable bonds is 14. The number of carbonyl (C=O) groups is 3. The van der Waals surface area contributed by atoms with Crippen LogP contribution in [0.4, 0.5) is 0 Å². The maximum Gasteiger partial charge on any atom is 0.251 e. The summed E-state index contributed by atoms with van der Waals surface area (Å²) < 4.78 is 5.26. The molecule has 0 spiro atoms. The molecule has 0 heterocycles. The number of ether oxygens (including phenoxy) is 1. The molecule has 2 unspecified atom stereocenters. The molecule has 0 bridgehead atoms. The van der Waals surface area contributed by atoms with Crippen LogP contribution in [0.15, 0.2) is 72.8 Å². The van der Waals surface area contributed by atoms with E-state index in [2.05, 4.69) is 16.0 Å². The fourth-order valence-corrected chi connectivity index (χ4v) is 4.06. The molecule has 0 aliphatic rings. The Morgan fingerprint density at radius 3 is 2.23 bits per heavy atom. The van der Waals surface area contributed by atoms with Crippen molar-refractivity contribution in [3.8, 4) is 5.75 Å². The van der Waals surface area contributed by atoms with Gasteiger partial charge in [0.05, 0.1) is 19.3 Å². The number of primary amides is 1. The van der Waals surface area contributed by atoms with E-state index in [-0.39, 0.29) is 23.2 Å². The Balaban J connectivity index is 1.77. The van der Waals surface area contributed by atoms with Crippen molar-refractivity contribution in [1.29, 1.82) is 0 Å². The minimum atomic E-state index is -0.939. The van der Waals surface area contributed by atoms with Gasteiger partial charge in [-0.3, -0.25) is 14.4 Å². The van der Waals surface area contributed by atoms with Gasteiger partial charge in [0.25, 0.3) is 11.8 Å². The van der Waals surface area contributed by atoms with E-state index in [1.165, 1.54) is 18.2 Å². The van der Waals surface area contributed by atoms with Crippen molar-refractivity contribution >= 4 is 17.7 Å². The molecule has 0 aliphatic heterocycles. The van der Waals surface area contributed by atoms with E-state index in [4.69, 9.17) is 10.5 Å². The van der Waals surface area contributed by atoms with E-state index < -0.39 is 29.9 Å². The largest absolute Gasteiger partial charge is 0.497 e. The minimum absolute atomic E-state index is 0.0458. The molecule has 9 heteroatoms. The Morgan fingerprint density at radius 2 is 1.56 bits per heavy atom. The molecule has 0 radical (unpaired) electrons. The predicted octanol–water partition coefficient (Wildman–Crippen LogP) is 2.43. The van der Waals surface area contributed by atoms with Crippen molar-refractivity contribution in [3.63, 3.8) is 0 Å². The summed E-state index contributed by atoms with van der Waals surface area (Å²) in [5, 5.41) is 19.9. The third kappa shape index (κ3) is 8.94. The normalized spacial score (nSPS) is 12.3. The third-order valence-corrected chi connectivity index (χ3v) is 6.17. The number of aliphatic hydroxyl groups excluding tert-OH is 1. The number of nitrogens with one attached hydrogen (secondary N) is 3. The van der Waals surface area contributed by atoms with Crippen LogP contribution in [0, 0.1) is 0 Å². The van der Waals surface area contributed by atoms with Crippen molar-refractivity contribution in [3.05, 3.63) is 101 Å². The molecule has 3 rings (SSSR count).